The van der Waals surface area contributed by atoms with Crippen molar-refractivity contribution in [3.63, 3.8) is 0 Å². The Morgan fingerprint density at radius 2 is 1.85 bits per heavy atom. The highest BCUT2D eigenvalue weighted by atomic mass is 79.9. The molecule has 1 N–H and O–H groups in total. The lowest BCUT2D eigenvalue weighted by Gasteiger charge is -2.15. The zero-order chi connectivity index (χ0) is 23.8. The molecule has 0 unspecified atom stereocenters. The standard InChI is InChI=1S/C25H19BrCl2N2O3/c1-2-32-23-13-17(11-18(14-29)25(31)30-22-6-4-3-5-21(22)28)12-20(26)24(23)33-15-16-7-9-19(27)10-8-16/h3-13H,2,15H2,1H3,(H,30,31)/b18-11-. The summed E-state index contributed by atoms with van der Waals surface area (Å²) in [6, 6.07) is 19.6. The maximum Gasteiger partial charge on any atom is 0.266 e. The van der Waals surface area contributed by atoms with Gasteiger partial charge in [0.05, 0.1) is 21.8 Å². The number of benzene rings is 3. The molecule has 3 rings (SSSR count). The maximum absolute atomic E-state index is 12.6. The number of amides is 1. The molecular formula is C25H19BrCl2N2O3. The number of halogens is 3. The fraction of sp³-hybridized carbons (Fsp3) is 0.120. The number of nitrogens with zero attached hydrogens (tertiary/aromatic N) is 1. The Morgan fingerprint density at radius 3 is 2.52 bits per heavy atom. The Balaban J connectivity index is 1.85. The van der Waals surface area contributed by atoms with Crippen LogP contribution in [0.3, 0.4) is 0 Å². The van der Waals surface area contributed by atoms with Crippen LogP contribution in [0.15, 0.2) is 70.7 Å². The van der Waals surface area contributed by atoms with E-state index in [-0.39, 0.29) is 5.57 Å². The number of rotatable bonds is 8. The Morgan fingerprint density at radius 1 is 1.12 bits per heavy atom. The van der Waals surface area contributed by atoms with Gasteiger partial charge in [-0.25, -0.2) is 0 Å². The summed E-state index contributed by atoms with van der Waals surface area (Å²) in [7, 11) is 0. The molecule has 8 heteroatoms. The highest BCUT2D eigenvalue weighted by molar-refractivity contribution is 9.10. The second kappa shape index (κ2) is 11.8. The molecule has 0 aromatic heterocycles. The van der Waals surface area contributed by atoms with Crippen LogP contribution in [0.1, 0.15) is 18.1 Å². The van der Waals surface area contributed by atoms with Crippen molar-refractivity contribution in [2.45, 2.75) is 13.5 Å². The zero-order valence-electron chi connectivity index (χ0n) is 17.6. The third-order valence-corrected chi connectivity index (χ3v) is 5.60. The van der Waals surface area contributed by atoms with Gasteiger partial charge >= 0.3 is 0 Å². The largest absolute Gasteiger partial charge is 0.490 e. The minimum atomic E-state index is -0.567. The highest BCUT2D eigenvalue weighted by Crippen LogP contribution is 2.38. The number of nitrogens with one attached hydrogen (secondary N) is 1. The van der Waals surface area contributed by atoms with E-state index in [9.17, 15) is 10.1 Å². The van der Waals surface area contributed by atoms with Crippen LogP contribution in [0, 0.1) is 11.3 Å². The SMILES string of the molecule is CCOc1cc(/C=C(/C#N)C(=O)Nc2ccccc2Cl)cc(Br)c1OCc1ccc(Cl)cc1. The van der Waals surface area contributed by atoms with Crippen molar-refractivity contribution in [3.05, 3.63) is 91.9 Å². The van der Waals surface area contributed by atoms with E-state index >= 15 is 0 Å². The van der Waals surface area contributed by atoms with E-state index in [2.05, 4.69) is 21.2 Å². The van der Waals surface area contributed by atoms with Crippen molar-refractivity contribution < 1.29 is 14.3 Å². The van der Waals surface area contributed by atoms with Gasteiger partial charge in [0.1, 0.15) is 18.2 Å². The molecule has 0 atom stereocenters. The van der Waals surface area contributed by atoms with Gasteiger partial charge in [-0.2, -0.15) is 5.26 Å². The first-order valence-electron chi connectivity index (χ1n) is 9.92. The summed E-state index contributed by atoms with van der Waals surface area (Å²) < 4.78 is 12.3. The van der Waals surface area contributed by atoms with Crippen LogP contribution in [0.2, 0.25) is 10.0 Å². The van der Waals surface area contributed by atoms with Gasteiger partial charge in [0.25, 0.3) is 5.91 Å². The topological polar surface area (TPSA) is 71.3 Å². The van der Waals surface area contributed by atoms with Gasteiger partial charge in [-0.05, 0) is 76.5 Å². The molecule has 5 nitrogen and oxygen atoms in total. The van der Waals surface area contributed by atoms with E-state index in [1.807, 2.05) is 25.1 Å². The van der Waals surface area contributed by atoms with Crippen LogP contribution in [0.25, 0.3) is 6.08 Å². The Labute approximate surface area is 210 Å². The van der Waals surface area contributed by atoms with Crippen molar-refractivity contribution in [2.24, 2.45) is 0 Å². The van der Waals surface area contributed by atoms with Crippen LogP contribution in [-0.2, 0) is 11.4 Å². The summed E-state index contributed by atoms with van der Waals surface area (Å²) in [6.45, 7) is 2.58. The second-order valence-corrected chi connectivity index (χ2v) is 8.48. The zero-order valence-corrected chi connectivity index (χ0v) is 20.7. The predicted octanol–water partition coefficient (Wildman–Crippen LogP) is 7.28. The maximum atomic E-state index is 12.6. The molecule has 33 heavy (non-hydrogen) atoms. The molecule has 0 aliphatic heterocycles. The van der Waals surface area contributed by atoms with Gasteiger partial charge in [-0.3, -0.25) is 4.79 Å². The van der Waals surface area contributed by atoms with E-state index in [0.29, 0.717) is 50.5 Å². The van der Waals surface area contributed by atoms with E-state index in [4.69, 9.17) is 32.7 Å². The summed E-state index contributed by atoms with van der Waals surface area (Å²) in [5, 5.41) is 13.2. The molecule has 0 spiro atoms. The van der Waals surface area contributed by atoms with Crippen molar-refractivity contribution in [2.75, 3.05) is 11.9 Å². The lowest BCUT2D eigenvalue weighted by Crippen LogP contribution is -2.13. The molecule has 0 saturated heterocycles. The van der Waals surface area contributed by atoms with E-state index in [0.717, 1.165) is 5.56 Å². The number of carbonyl (C=O) groups is 1. The van der Waals surface area contributed by atoms with Gasteiger partial charge in [0, 0.05) is 5.02 Å². The molecule has 0 aliphatic carbocycles. The number of para-hydroxylation sites is 1. The Hall–Kier alpha value is -2.98. The molecule has 1 amide bonds. The first-order chi connectivity index (χ1) is 15.9. The monoisotopic (exact) mass is 544 g/mol. The molecule has 168 valence electrons. The van der Waals surface area contributed by atoms with Crippen molar-refractivity contribution in [3.8, 4) is 17.6 Å². The number of carbonyl (C=O) groups excluding carboxylic acids is 1. The Bertz CT molecular complexity index is 1220. The van der Waals surface area contributed by atoms with E-state index in [1.54, 1.807) is 48.5 Å². The van der Waals surface area contributed by atoms with Gasteiger partial charge in [0.2, 0.25) is 0 Å². The van der Waals surface area contributed by atoms with E-state index in [1.165, 1.54) is 6.08 Å². The normalized spacial score (nSPS) is 10.9. The lowest BCUT2D eigenvalue weighted by atomic mass is 10.1. The van der Waals surface area contributed by atoms with E-state index < -0.39 is 5.91 Å². The molecule has 0 fully saturated rings. The third-order valence-electron chi connectivity index (χ3n) is 4.43. The minimum Gasteiger partial charge on any atom is -0.490 e. The molecule has 3 aromatic rings. The molecule has 0 bridgehead atoms. The summed E-state index contributed by atoms with van der Waals surface area (Å²) in [6.07, 6.45) is 1.47. The quantitative estimate of drug-likeness (QED) is 0.238. The molecule has 0 heterocycles. The van der Waals surface area contributed by atoms with Crippen LogP contribution in [-0.4, -0.2) is 12.5 Å². The van der Waals surface area contributed by atoms with Crippen LogP contribution in [0.5, 0.6) is 11.5 Å². The first-order valence-corrected chi connectivity index (χ1v) is 11.5. The number of ether oxygens (including phenoxy) is 2. The number of hydrogen-bond donors (Lipinski definition) is 1. The van der Waals surface area contributed by atoms with Gasteiger partial charge in [0.15, 0.2) is 11.5 Å². The molecular weight excluding hydrogens is 527 g/mol. The fourth-order valence-corrected chi connectivity index (χ4v) is 3.76. The molecule has 0 aliphatic rings. The Kier molecular flexibility index (Phi) is 8.79. The average Bonchev–Trinajstić information content (AvgIpc) is 2.79. The molecule has 0 saturated carbocycles. The first kappa shape index (κ1) is 24.7. The minimum absolute atomic E-state index is 0.0842. The summed E-state index contributed by atoms with van der Waals surface area (Å²) in [4.78, 5) is 12.6. The smallest absolute Gasteiger partial charge is 0.266 e. The van der Waals surface area contributed by atoms with Crippen LogP contribution in [0.4, 0.5) is 5.69 Å². The fourth-order valence-electron chi connectivity index (χ4n) is 2.88. The lowest BCUT2D eigenvalue weighted by molar-refractivity contribution is -0.112. The molecule has 3 aromatic carbocycles. The van der Waals surface area contributed by atoms with Crippen LogP contribution >= 0.6 is 39.1 Å². The van der Waals surface area contributed by atoms with Crippen molar-refractivity contribution in [1.29, 1.82) is 5.26 Å². The van der Waals surface area contributed by atoms with Crippen LogP contribution < -0.4 is 14.8 Å². The summed E-state index contributed by atoms with van der Waals surface area (Å²) in [5.74, 6) is 0.432. The van der Waals surface area contributed by atoms with Crippen molar-refractivity contribution in [1.82, 2.24) is 0 Å². The summed E-state index contributed by atoms with van der Waals surface area (Å²) >= 11 is 15.5. The van der Waals surface area contributed by atoms with Gasteiger partial charge in [-0.15, -0.1) is 0 Å². The highest BCUT2D eigenvalue weighted by Gasteiger charge is 2.15. The number of anilines is 1. The number of nitriles is 1. The molecule has 0 radical (unpaired) electrons. The van der Waals surface area contributed by atoms with Gasteiger partial charge in [-0.1, -0.05) is 47.5 Å². The third kappa shape index (κ3) is 6.75. The number of hydrogen-bond acceptors (Lipinski definition) is 4. The predicted molar refractivity (Wildman–Crippen MR) is 135 cm³/mol. The van der Waals surface area contributed by atoms with Crippen molar-refractivity contribution >= 4 is 56.8 Å². The van der Waals surface area contributed by atoms with Gasteiger partial charge < -0.3 is 14.8 Å². The summed E-state index contributed by atoms with van der Waals surface area (Å²) in [5.41, 5.74) is 1.88. The average molecular weight is 546 g/mol. The second-order valence-electron chi connectivity index (χ2n) is 6.78.